The van der Waals surface area contributed by atoms with Crippen molar-refractivity contribution in [2.24, 2.45) is 5.41 Å². The second kappa shape index (κ2) is 15.3. The fourth-order valence-corrected chi connectivity index (χ4v) is 6.87. The zero-order valence-electron chi connectivity index (χ0n) is 31.2. The molecular formula is C35H60O11P2. The van der Waals surface area contributed by atoms with Crippen LogP contribution in [0.1, 0.15) is 128 Å². The Kier molecular flexibility index (Phi) is 14.2. The van der Waals surface area contributed by atoms with E-state index in [9.17, 15) is 24.4 Å². The number of aliphatic hydroxyl groups is 3. The molecule has 2 aromatic rings. The van der Waals surface area contributed by atoms with E-state index in [1.54, 1.807) is 0 Å². The summed E-state index contributed by atoms with van der Waals surface area (Å²) in [5.74, 6) is 0.723. The molecule has 0 saturated heterocycles. The average molecular weight is 719 g/mol. The van der Waals surface area contributed by atoms with Crippen LogP contribution in [0.5, 0.6) is 5.75 Å². The van der Waals surface area contributed by atoms with Crippen molar-refractivity contribution >= 4 is 15.6 Å². The molecule has 2 aromatic carbocycles. The first-order chi connectivity index (χ1) is 21.2. The van der Waals surface area contributed by atoms with Gasteiger partial charge in [-0.15, -0.1) is 0 Å². The van der Waals surface area contributed by atoms with Crippen LogP contribution in [0.25, 0.3) is 0 Å². The highest BCUT2D eigenvalue weighted by atomic mass is 31.3. The van der Waals surface area contributed by atoms with Crippen LogP contribution in [0, 0.1) is 19.3 Å². The standard InChI is InChI=1S/C35H56O4.H4O7P2/c1-22-15-27(33(9,10)11)24(17-25(22)31(3,4)5)30(35(19-36,20-37)21-38)39-29-18-26(32(6,7)8)23(2)16-28(29)34(12,13)14;1-8(2,3)7-9(4,5)6/h15-18,30,36-38H,19-21H2,1-14H3;(H2,1,2,3)(H2,4,5,6). The summed E-state index contributed by atoms with van der Waals surface area (Å²) in [6.07, 6.45) is -0.787. The molecule has 0 aromatic heterocycles. The highest BCUT2D eigenvalue weighted by molar-refractivity contribution is 7.60. The van der Waals surface area contributed by atoms with E-state index in [2.05, 4.69) is 126 Å². The van der Waals surface area contributed by atoms with Crippen LogP contribution in [0.3, 0.4) is 0 Å². The molecule has 13 heteroatoms. The lowest BCUT2D eigenvalue weighted by atomic mass is 9.71. The summed E-state index contributed by atoms with van der Waals surface area (Å²) in [5.41, 5.74) is 5.82. The van der Waals surface area contributed by atoms with E-state index in [4.69, 9.17) is 24.3 Å². The highest BCUT2D eigenvalue weighted by Gasteiger charge is 2.44. The predicted octanol–water partition coefficient (Wildman–Crippen LogP) is 6.77. The predicted molar refractivity (Wildman–Crippen MR) is 189 cm³/mol. The molecule has 48 heavy (non-hydrogen) atoms. The molecule has 7 N–H and O–H groups in total. The van der Waals surface area contributed by atoms with Crippen molar-refractivity contribution in [3.8, 4) is 5.75 Å². The number of hydrogen-bond donors (Lipinski definition) is 7. The van der Waals surface area contributed by atoms with Gasteiger partial charge in [-0.1, -0.05) is 101 Å². The van der Waals surface area contributed by atoms with Crippen LogP contribution in [0.15, 0.2) is 24.3 Å². The second-order valence-electron chi connectivity index (χ2n) is 16.8. The molecule has 0 heterocycles. The molecule has 11 nitrogen and oxygen atoms in total. The Labute approximate surface area is 287 Å². The Bertz CT molecular complexity index is 1460. The Morgan fingerprint density at radius 1 is 0.562 bits per heavy atom. The molecule has 0 aliphatic rings. The molecule has 0 spiro atoms. The zero-order valence-corrected chi connectivity index (χ0v) is 33.0. The highest BCUT2D eigenvalue weighted by Crippen LogP contribution is 2.54. The first-order valence-electron chi connectivity index (χ1n) is 15.9. The molecule has 0 amide bonds. The molecule has 1 atom stereocenters. The topological polar surface area (TPSA) is 194 Å². The molecule has 0 aliphatic heterocycles. The third-order valence-electron chi connectivity index (χ3n) is 8.20. The van der Waals surface area contributed by atoms with E-state index in [0.29, 0.717) is 0 Å². The summed E-state index contributed by atoms with van der Waals surface area (Å²) in [4.78, 5) is 31.0. The number of phosphoric acid groups is 2. The summed E-state index contributed by atoms with van der Waals surface area (Å²) in [7, 11) is -10.1. The normalized spacial score (nSPS) is 14.4. The Balaban J connectivity index is 0.00000112. The van der Waals surface area contributed by atoms with Crippen molar-refractivity contribution in [2.45, 2.75) is 125 Å². The van der Waals surface area contributed by atoms with Crippen molar-refractivity contribution in [1.29, 1.82) is 0 Å². The van der Waals surface area contributed by atoms with E-state index in [1.807, 2.05) is 0 Å². The van der Waals surface area contributed by atoms with Gasteiger partial charge in [-0.25, -0.2) is 9.13 Å². The number of benzene rings is 2. The van der Waals surface area contributed by atoms with Crippen LogP contribution < -0.4 is 4.74 Å². The summed E-state index contributed by atoms with van der Waals surface area (Å²) in [6, 6.07) is 8.76. The van der Waals surface area contributed by atoms with E-state index in [-0.39, 0.29) is 21.7 Å². The van der Waals surface area contributed by atoms with Gasteiger partial charge < -0.3 is 39.6 Å². The number of rotatable bonds is 9. The Morgan fingerprint density at radius 2 is 0.896 bits per heavy atom. The molecule has 0 saturated carbocycles. The Morgan fingerprint density at radius 3 is 1.19 bits per heavy atom. The molecule has 0 fully saturated rings. The minimum absolute atomic E-state index is 0.101. The second-order valence-corrected chi connectivity index (χ2v) is 19.4. The van der Waals surface area contributed by atoms with Gasteiger partial charge in [0.2, 0.25) is 0 Å². The quantitative estimate of drug-likeness (QED) is 0.135. The number of aryl methyl sites for hydroxylation is 2. The van der Waals surface area contributed by atoms with Crippen LogP contribution in [-0.4, -0.2) is 54.7 Å². The van der Waals surface area contributed by atoms with Crippen molar-refractivity contribution < 1.29 is 53.1 Å². The van der Waals surface area contributed by atoms with Gasteiger partial charge in [-0.2, -0.15) is 4.31 Å². The zero-order chi connectivity index (χ0) is 38.1. The molecule has 1 unspecified atom stereocenters. The van der Waals surface area contributed by atoms with Gasteiger partial charge in [0.25, 0.3) is 0 Å². The third kappa shape index (κ3) is 12.0. The van der Waals surface area contributed by atoms with Gasteiger partial charge in [0.1, 0.15) is 11.9 Å². The van der Waals surface area contributed by atoms with Gasteiger partial charge in [0.15, 0.2) is 0 Å². The van der Waals surface area contributed by atoms with Gasteiger partial charge in [0.05, 0.1) is 25.2 Å². The average Bonchev–Trinajstić information content (AvgIpc) is 2.85. The van der Waals surface area contributed by atoms with Gasteiger partial charge in [0, 0.05) is 0 Å². The third-order valence-corrected chi connectivity index (χ3v) is 9.90. The first kappa shape index (κ1) is 44.4. The molecule has 0 aliphatic carbocycles. The van der Waals surface area contributed by atoms with E-state index in [0.717, 1.165) is 22.4 Å². The lowest BCUT2D eigenvalue weighted by Gasteiger charge is -2.41. The minimum atomic E-state index is -5.05. The summed E-state index contributed by atoms with van der Waals surface area (Å²) in [5, 5.41) is 32.2. The number of hydrogen-bond acceptors (Lipinski definition) is 7. The maximum absolute atomic E-state index is 10.7. The minimum Gasteiger partial charge on any atom is -0.485 e. The van der Waals surface area contributed by atoms with Crippen molar-refractivity contribution in [3.05, 3.63) is 63.2 Å². The number of ether oxygens (including phenoxy) is 1. The van der Waals surface area contributed by atoms with Crippen LogP contribution in [-0.2, 0) is 35.1 Å². The van der Waals surface area contributed by atoms with Crippen molar-refractivity contribution in [2.75, 3.05) is 19.8 Å². The molecule has 0 radical (unpaired) electrons. The van der Waals surface area contributed by atoms with Crippen LogP contribution in [0.2, 0.25) is 0 Å². The van der Waals surface area contributed by atoms with Gasteiger partial charge in [-0.05, 0) is 80.5 Å². The monoisotopic (exact) mass is 718 g/mol. The SMILES string of the molecule is Cc1cc(C(C)(C)C)c(OC(c2cc(C(C)(C)C)c(C)cc2C(C)(C)C)C(CO)(CO)CO)cc1C(C)(C)C.O=P(O)(O)OP(=O)(O)O. The summed E-state index contributed by atoms with van der Waals surface area (Å²) in [6.45, 7) is 29.2. The van der Waals surface area contributed by atoms with Gasteiger partial charge in [-0.3, -0.25) is 0 Å². The van der Waals surface area contributed by atoms with Crippen LogP contribution in [0.4, 0.5) is 0 Å². The lowest BCUT2D eigenvalue weighted by Crippen LogP contribution is -2.44. The van der Waals surface area contributed by atoms with E-state index >= 15 is 0 Å². The Hall–Kier alpha value is -1.62. The smallest absolute Gasteiger partial charge is 0.478 e. The largest absolute Gasteiger partial charge is 0.485 e. The molecule has 276 valence electrons. The number of aliphatic hydroxyl groups excluding tert-OH is 3. The molecule has 0 bridgehead atoms. The van der Waals surface area contributed by atoms with E-state index in [1.165, 1.54) is 22.3 Å². The molecular weight excluding hydrogens is 658 g/mol. The maximum atomic E-state index is 10.7. The molecule has 2 rings (SSSR count). The fraction of sp³-hybridized carbons (Fsp3) is 0.657. The maximum Gasteiger partial charge on any atom is 0.478 e. The van der Waals surface area contributed by atoms with E-state index < -0.39 is 47.0 Å². The van der Waals surface area contributed by atoms with Crippen molar-refractivity contribution in [3.63, 3.8) is 0 Å². The lowest BCUT2D eigenvalue weighted by molar-refractivity contribution is -0.0752. The fourth-order valence-electron chi connectivity index (χ4n) is 5.76. The first-order valence-corrected chi connectivity index (χ1v) is 18.9. The summed E-state index contributed by atoms with van der Waals surface area (Å²) < 4.78 is 29.3. The van der Waals surface area contributed by atoms with Gasteiger partial charge >= 0.3 is 15.6 Å². The van der Waals surface area contributed by atoms with Crippen molar-refractivity contribution in [1.82, 2.24) is 0 Å². The van der Waals surface area contributed by atoms with Crippen LogP contribution >= 0.6 is 15.6 Å². The summed E-state index contributed by atoms with van der Waals surface area (Å²) >= 11 is 0.